The van der Waals surface area contributed by atoms with Gasteiger partial charge in [-0.1, -0.05) is 66.2 Å². The molecule has 0 aliphatic carbocycles. The molecule has 7 heteroatoms. The highest BCUT2D eigenvalue weighted by atomic mass is 35.5. The number of nitrogens with zero attached hydrogens (tertiary/aromatic N) is 1. The van der Waals surface area contributed by atoms with E-state index in [1.807, 2.05) is 41.8 Å². The van der Waals surface area contributed by atoms with Crippen LogP contribution in [0.2, 0.25) is 5.02 Å². The van der Waals surface area contributed by atoms with Crippen LogP contribution in [0.4, 0.5) is 5.13 Å². The number of benzene rings is 3. The van der Waals surface area contributed by atoms with Crippen molar-refractivity contribution in [1.82, 2.24) is 10.3 Å². The van der Waals surface area contributed by atoms with Crippen molar-refractivity contribution in [2.45, 2.75) is 25.6 Å². The fraction of sp³-hybridized carbons (Fsp3) is 0.167. The van der Waals surface area contributed by atoms with Gasteiger partial charge in [-0.2, -0.15) is 0 Å². The normalized spacial score (nSPS) is 13.0. The number of rotatable bonds is 7. The van der Waals surface area contributed by atoms with Gasteiger partial charge in [0.2, 0.25) is 5.91 Å². The van der Waals surface area contributed by atoms with Crippen molar-refractivity contribution in [1.29, 1.82) is 0 Å². The number of halogens is 1. The summed E-state index contributed by atoms with van der Waals surface area (Å²) in [6.45, 7) is 1.90. The largest absolute Gasteiger partial charge is 0.391 e. The number of carbonyl (C=O) groups is 1. The summed E-state index contributed by atoms with van der Waals surface area (Å²) in [7, 11) is 0. The predicted octanol–water partition coefficient (Wildman–Crippen LogP) is 5.09. The Morgan fingerprint density at radius 1 is 1.13 bits per heavy atom. The Kier molecular flexibility index (Phi) is 6.51. The number of anilines is 1. The van der Waals surface area contributed by atoms with Gasteiger partial charge >= 0.3 is 0 Å². The van der Waals surface area contributed by atoms with E-state index in [-0.39, 0.29) is 5.91 Å². The highest BCUT2D eigenvalue weighted by Gasteiger charge is 2.24. The first kappa shape index (κ1) is 21.3. The Labute approximate surface area is 189 Å². The van der Waals surface area contributed by atoms with E-state index in [0.29, 0.717) is 16.7 Å². The van der Waals surface area contributed by atoms with Gasteiger partial charge < -0.3 is 15.7 Å². The quantitative estimate of drug-likeness (QED) is 0.365. The third kappa shape index (κ3) is 5.05. The third-order valence-corrected chi connectivity index (χ3v) is 5.98. The van der Waals surface area contributed by atoms with Crippen molar-refractivity contribution in [3.8, 4) is 11.3 Å². The number of hydrogen-bond donors (Lipinski definition) is 3. The lowest BCUT2D eigenvalue weighted by atomic mass is 10.0. The molecule has 0 aliphatic rings. The topological polar surface area (TPSA) is 74.2 Å². The van der Waals surface area contributed by atoms with Crippen molar-refractivity contribution >= 4 is 44.7 Å². The van der Waals surface area contributed by atoms with E-state index in [1.165, 1.54) is 11.3 Å². The highest BCUT2D eigenvalue weighted by Crippen LogP contribution is 2.31. The summed E-state index contributed by atoms with van der Waals surface area (Å²) >= 11 is 7.40. The summed E-state index contributed by atoms with van der Waals surface area (Å²) in [5.74, 6) is -0.308. The molecule has 0 radical (unpaired) electrons. The highest BCUT2D eigenvalue weighted by molar-refractivity contribution is 7.14. The van der Waals surface area contributed by atoms with Gasteiger partial charge in [-0.15, -0.1) is 11.3 Å². The number of aliphatic hydroxyl groups is 1. The molecular formula is C24H22ClN3O2S. The lowest BCUT2D eigenvalue weighted by molar-refractivity contribution is -0.123. The average molecular weight is 452 g/mol. The van der Waals surface area contributed by atoms with Crippen LogP contribution >= 0.6 is 22.9 Å². The zero-order valence-electron chi connectivity index (χ0n) is 16.9. The molecular weight excluding hydrogens is 430 g/mol. The molecule has 0 saturated heterocycles. The number of hydrogen-bond acceptors (Lipinski definition) is 5. The number of thiazole rings is 1. The fourth-order valence-electron chi connectivity index (χ4n) is 3.40. The van der Waals surface area contributed by atoms with E-state index in [4.69, 9.17) is 11.6 Å². The molecule has 4 aromatic rings. The second-order valence-corrected chi connectivity index (χ2v) is 8.57. The molecule has 31 heavy (non-hydrogen) atoms. The first-order valence-electron chi connectivity index (χ1n) is 9.91. The molecule has 3 aromatic carbocycles. The first-order chi connectivity index (χ1) is 15.0. The van der Waals surface area contributed by atoms with E-state index >= 15 is 0 Å². The Morgan fingerprint density at radius 3 is 2.71 bits per heavy atom. The van der Waals surface area contributed by atoms with Gasteiger partial charge in [-0.25, -0.2) is 4.98 Å². The maximum atomic E-state index is 12.7. The molecule has 0 spiro atoms. The van der Waals surface area contributed by atoms with Crippen LogP contribution in [-0.4, -0.2) is 28.1 Å². The van der Waals surface area contributed by atoms with Crippen LogP contribution in [0.15, 0.2) is 72.1 Å². The van der Waals surface area contributed by atoms with Crippen molar-refractivity contribution in [3.05, 3.63) is 82.7 Å². The fourth-order valence-corrected chi connectivity index (χ4v) is 4.36. The maximum absolute atomic E-state index is 12.7. The Morgan fingerprint density at radius 2 is 1.90 bits per heavy atom. The van der Waals surface area contributed by atoms with E-state index in [1.54, 1.807) is 19.1 Å². The number of nitrogens with one attached hydrogen (secondary N) is 2. The molecule has 5 nitrogen and oxygen atoms in total. The van der Waals surface area contributed by atoms with E-state index in [9.17, 15) is 9.90 Å². The molecule has 0 fully saturated rings. The minimum atomic E-state index is -0.899. The monoisotopic (exact) mass is 451 g/mol. The molecule has 0 bridgehead atoms. The third-order valence-electron chi connectivity index (χ3n) is 4.97. The number of aliphatic hydroxyl groups excluding tert-OH is 1. The van der Waals surface area contributed by atoms with E-state index in [2.05, 4.69) is 33.8 Å². The molecule has 4 rings (SSSR count). The Bertz CT molecular complexity index is 1200. The number of carbonyl (C=O) groups excluding carboxylic acids is 1. The van der Waals surface area contributed by atoms with Crippen molar-refractivity contribution < 1.29 is 9.90 Å². The van der Waals surface area contributed by atoms with Crippen LogP contribution in [0, 0.1) is 0 Å². The van der Waals surface area contributed by atoms with Crippen LogP contribution < -0.4 is 10.6 Å². The maximum Gasteiger partial charge on any atom is 0.245 e. The zero-order chi connectivity index (χ0) is 21.8. The standard InChI is InChI=1S/C24H22ClN3O2S/c1-15(29)22(23(30)26-13-16-6-4-9-18(25)12-16)28-24-27-21(14-31-24)20-11-5-8-17-7-2-3-10-19(17)20/h2-12,14-15,22,29H,13H2,1H3,(H,26,30)(H,27,28)/t15-,22+/m1/s1. The lowest BCUT2D eigenvalue weighted by Crippen LogP contribution is -2.45. The van der Waals surface area contributed by atoms with Crippen molar-refractivity contribution in [2.24, 2.45) is 0 Å². The molecule has 0 aliphatic heterocycles. The Hall–Kier alpha value is -2.93. The molecule has 3 N–H and O–H groups in total. The van der Waals surface area contributed by atoms with Crippen molar-refractivity contribution in [3.63, 3.8) is 0 Å². The second-order valence-electron chi connectivity index (χ2n) is 7.27. The summed E-state index contributed by atoms with van der Waals surface area (Å²) in [4.78, 5) is 17.4. The van der Waals surface area contributed by atoms with Crippen LogP contribution in [0.3, 0.4) is 0 Å². The van der Waals surface area contributed by atoms with Gasteiger partial charge in [0.25, 0.3) is 0 Å². The van der Waals surface area contributed by atoms with Gasteiger partial charge in [0.05, 0.1) is 11.8 Å². The summed E-state index contributed by atoms with van der Waals surface area (Å²) in [5.41, 5.74) is 2.74. The number of amides is 1. The van der Waals surface area contributed by atoms with Gasteiger partial charge in [0, 0.05) is 22.5 Å². The first-order valence-corrected chi connectivity index (χ1v) is 11.2. The summed E-state index contributed by atoms with van der Waals surface area (Å²) in [6, 6.07) is 20.7. The smallest absolute Gasteiger partial charge is 0.245 e. The predicted molar refractivity (Wildman–Crippen MR) is 127 cm³/mol. The summed E-state index contributed by atoms with van der Waals surface area (Å²) in [6.07, 6.45) is -0.899. The molecule has 158 valence electrons. The Balaban J connectivity index is 1.49. The van der Waals surface area contributed by atoms with Crippen LogP contribution in [0.5, 0.6) is 0 Å². The van der Waals surface area contributed by atoms with Crippen LogP contribution in [-0.2, 0) is 11.3 Å². The number of fused-ring (bicyclic) bond motifs is 1. The van der Waals surface area contributed by atoms with E-state index in [0.717, 1.165) is 27.6 Å². The summed E-state index contributed by atoms with van der Waals surface area (Å²) in [5, 5.41) is 21.5. The molecule has 0 unspecified atom stereocenters. The van der Waals surface area contributed by atoms with Crippen molar-refractivity contribution in [2.75, 3.05) is 5.32 Å². The average Bonchev–Trinajstić information content (AvgIpc) is 3.24. The summed E-state index contributed by atoms with van der Waals surface area (Å²) < 4.78 is 0. The van der Waals surface area contributed by atoms with Crippen LogP contribution in [0.25, 0.3) is 22.0 Å². The van der Waals surface area contributed by atoms with Gasteiger partial charge in [-0.3, -0.25) is 4.79 Å². The van der Waals surface area contributed by atoms with Gasteiger partial charge in [-0.05, 0) is 35.4 Å². The molecule has 1 amide bonds. The minimum Gasteiger partial charge on any atom is -0.391 e. The van der Waals surface area contributed by atoms with Crippen LogP contribution in [0.1, 0.15) is 12.5 Å². The second kappa shape index (κ2) is 9.47. The molecule has 1 heterocycles. The molecule has 0 saturated carbocycles. The van der Waals surface area contributed by atoms with E-state index < -0.39 is 12.1 Å². The van der Waals surface area contributed by atoms with Gasteiger partial charge in [0.1, 0.15) is 6.04 Å². The molecule has 2 atom stereocenters. The zero-order valence-corrected chi connectivity index (χ0v) is 18.5. The lowest BCUT2D eigenvalue weighted by Gasteiger charge is -2.20. The number of aromatic nitrogens is 1. The molecule has 1 aromatic heterocycles. The van der Waals surface area contributed by atoms with Gasteiger partial charge in [0.15, 0.2) is 5.13 Å². The minimum absolute atomic E-state index is 0.308. The SMILES string of the molecule is C[C@@H](O)[C@H](Nc1nc(-c2cccc3ccccc23)cs1)C(=O)NCc1cccc(Cl)c1.